The lowest BCUT2D eigenvalue weighted by Crippen LogP contribution is -2.31. The number of hydrogen-bond donors (Lipinski definition) is 1. The highest BCUT2D eigenvalue weighted by Gasteiger charge is 2.27. The van der Waals surface area contributed by atoms with Crippen LogP contribution in [-0.4, -0.2) is 34.9 Å². The lowest BCUT2D eigenvalue weighted by Gasteiger charge is -2.17. The number of anilines is 1. The number of amides is 1. The fourth-order valence-electron chi connectivity index (χ4n) is 2.33. The van der Waals surface area contributed by atoms with Crippen molar-refractivity contribution in [3.63, 3.8) is 0 Å². The predicted octanol–water partition coefficient (Wildman–Crippen LogP) is 2.67. The van der Waals surface area contributed by atoms with Crippen LogP contribution >= 0.6 is 11.6 Å². The first-order valence-corrected chi connectivity index (χ1v) is 6.87. The lowest BCUT2D eigenvalue weighted by atomic mass is 10.2. The molecule has 1 N–H and O–H groups in total. The Bertz CT molecular complexity index is 536. The maximum Gasteiger partial charge on any atom is 0.293 e. The summed E-state index contributed by atoms with van der Waals surface area (Å²) in [6.07, 6.45) is 1.26. The Hall–Kier alpha value is -1.82. The zero-order valence-corrected chi connectivity index (χ0v) is 11.9. The summed E-state index contributed by atoms with van der Waals surface area (Å²) in [6.45, 7) is 3.09. The van der Waals surface area contributed by atoms with E-state index in [1.807, 2.05) is 6.92 Å². The minimum atomic E-state index is -0.460. The van der Waals surface area contributed by atoms with Crippen LogP contribution in [0.1, 0.15) is 19.8 Å². The van der Waals surface area contributed by atoms with E-state index in [9.17, 15) is 14.9 Å². The monoisotopic (exact) mass is 297 g/mol. The van der Waals surface area contributed by atoms with Crippen molar-refractivity contribution in [3.8, 4) is 0 Å². The van der Waals surface area contributed by atoms with Crippen LogP contribution in [0.5, 0.6) is 0 Å². The molecule has 1 fully saturated rings. The van der Waals surface area contributed by atoms with Gasteiger partial charge >= 0.3 is 0 Å². The Morgan fingerprint density at radius 1 is 1.60 bits per heavy atom. The van der Waals surface area contributed by atoms with E-state index in [1.165, 1.54) is 6.07 Å². The molecule has 1 aliphatic heterocycles. The van der Waals surface area contributed by atoms with Gasteiger partial charge < -0.3 is 10.2 Å². The predicted molar refractivity (Wildman–Crippen MR) is 77.0 cm³/mol. The molecule has 0 spiro atoms. The molecule has 0 aliphatic carbocycles. The zero-order chi connectivity index (χ0) is 14.7. The Balaban J connectivity index is 2.08. The van der Waals surface area contributed by atoms with Gasteiger partial charge in [-0.05, 0) is 18.6 Å². The number of nitrogens with zero attached hydrogens (tertiary/aromatic N) is 2. The van der Waals surface area contributed by atoms with E-state index < -0.39 is 4.92 Å². The molecule has 1 aromatic carbocycles. The van der Waals surface area contributed by atoms with E-state index in [4.69, 9.17) is 11.6 Å². The Morgan fingerprint density at radius 2 is 2.35 bits per heavy atom. The van der Waals surface area contributed by atoms with Crippen molar-refractivity contribution < 1.29 is 9.72 Å². The molecule has 1 aliphatic rings. The Kier molecular flexibility index (Phi) is 4.44. The van der Waals surface area contributed by atoms with Crippen LogP contribution < -0.4 is 5.32 Å². The summed E-state index contributed by atoms with van der Waals surface area (Å²) in [5.74, 6) is 0.111. The second kappa shape index (κ2) is 6.09. The summed E-state index contributed by atoms with van der Waals surface area (Å²) in [5, 5.41) is 14.5. The molecule has 0 aromatic heterocycles. The molecule has 108 valence electrons. The summed E-state index contributed by atoms with van der Waals surface area (Å²) in [5.41, 5.74) is 0.396. The second-order valence-electron chi connectivity index (χ2n) is 4.74. The number of carbonyl (C=O) groups is 1. The molecule has 0 bridgehead atoms. The second-order valence-corrected chi connectivity index (χ2v) is 5.18. The van der Waals surface area contributed by atoms with Gasteiger partial charge in [-0.3, -0.25) is 14.9 Å². The summed E-state index contributed by atoms with van der Waals surface area (Å²) < 4.78 is 0. The number of nitrogens with one attached hydrogen (secondary N) is 1. The number of nitro groups is 1. The molecule has 1 heterocycles. The normalized spacial score (nSPS) is 18.1. The van der Waals surface area contributed by atoms with Crippen LogP contribution in [0.2, 0.25) is 5.02 Å². The van der Waals surface area contributed by atoms with Crippen molar-refractivity contribution in [2.75, 3.05) is 18.4 Å². The number of carbonyl (C=O) groups excluding carboxylic acids is 1. The maximum absolute atomic E-state index is 11.6. The van der Waals surface area contributed by atoms with E-state index >= 15 is 0 Å². The van der Waals surface area contributed by atoms with Crippen LogP contribution in [0.25, 0.3) is 0 Å². The summed E-state index contributed by atoms with van der Waals surface area (Å²) in [7, 11) is 0. The molecule has 1 amide bonds. The van der Waals surface area contributed by atoms with Crippen molar-refractivity contribution >= 4 is 28.9 Å². The van der Waals surface area contributed by atoms with E-state index in [0.29, 0.717) is 30.2 Å². The van der Waals surface area contributed by atoms with Gasteiger partial charge in [-0.15, -0.1) is 0 Å². The van der Waals surface area contributed by atoms with E-state index in [2.05, 4.69) is 5.32 Å². The fourth-order valence-corrected chi connectivity index (χ4v) is 2.49. The average molecular weight is 298 g/mol. The van der Waals surface area contributed by atoms with Crippen LogP contribution in [0.15, 0.2) is 18.2 Å². The van der Waals surface area contributed by atoms with Gasteiger partial charge in [-0.25, -0.2) is 0 Å². The average Bonchev–Trinajstić information content (AvgIpc) is 2.88. The third kappa shape index (κ3) is 3.19. The number of rotatable bonds is 4. The summed E-state index contributed by atoms with van der Waals surface area (Å²) in [6, 6.07) is 4.57. The Morgan fingerprint density at radius 3 is 3.00 bits per heavy atom. The van der Waals surface area contributed by atoms with E-state index in [0.717, 1.165) is 6.42 Å². The summed E-state index contributed by atoms with van der Waals surface area (Å²) in [4.78, 5) is 23.9. The van der Waals surface area contributed by atoms with Crippen LogP contribution in [0.3, 0.4) is 0 Å². The highest BCUT2D eigenvalue weighted by atomic mass is 35.5. The molecule has 1 saturated heterocycles. The molecule has 0 radical (unpaired) electrons. The highest BCUT2D eigenvalue weighted by Crippen LogP contribution is 2.29. The SMILES string of the molecule is CCC(=O)N1CCC(Nc2ccc(Cl)cc2[N+](=O)[O-])C1. The number of benzene rings is 1. The molecule has 7 heteroatoms. The Labute approximate surface area is 121 Å². The molecule has 1 aromatic rings. The minimum Gasteiger partial charge on any atom is -0.375 e. The first kappa shape index (κ1) is 14.6. The van der Waals surface area contributed by atoms with Crippen LogP contribution in [0, 0.1) is 10.1 Å². The molecular formula is C13H16ClN3O3. The molecule has 1 unspecified atom stereocenters. The first-order valence-electron chi connectivity index (χ1n) is 6.49. The van der Waals surface area contributed by atoms with Crippen LogP contribution in [-0.2, 0) is 4.79 Å². The zero-order valence-electron chi connectivity index (χ0n) is 11.1. The van der Waals surface area contributed by atoms with Gasteiger partial charge in [0.05, 0.1) is 4.92 Å². The third-order valence-electron chi connectivity index (χ3n) is 3.36. The van der Waals surface area contributed by atoms with Gasteiger partial charge in [-0.1, -0.05) is 18.5 Å². The smallest absolute Gasteiger partial charge is 0.293 e. The van der Waals surface area contributed by atoms with Crippen molar-refractivity contribution in [2.45, 2.75) is 25.8 Å². The van der Waals surface area contributed by atoms with Crippen molar-refractivity contribution in [1.82, 2.24) is 4.90 Å². The summed E-state index contributed by atoms with van der Waals surface area (Å²) >= 11 is 5.78. The van der Waals surface area contributed by atoms with E-state index in [-0.39, 0.29) is 17.6 Å². The molecular weight excluding hydrogens is 282 g/mol. The maximum atomic E-state index is 11.6. The van der Waals surface area contributed by atoms with Crippen LogP contribution in [0.4, 0.5) is 11.4 Å². The van der Waals surface area contributed by atoms with Gasteiger partial charge in [0, 0.05) is 36.6 Å². The van der Waals surface area contributed by atoms with Crippen molar-refractivity contribution in [1.29, 1.82) is 0 Å². The quantitative estimate of drug-likeness (QED) is 0.685. The van der Waals surface area contributed by atoms with Gasteiger partial charge in [0.15, 0.2) is 0 Å². The first-order chi connectivity index (χ1) is 9.51. The standard InChI is InChI=1S/C13H16ClN3O3/c1-2-13(18)16-6-5-10(8-16)15-11-4-3-9(14)7-12(11)17(19)20/h3-4,7,10,15H,2,5-6,8H2,1H3. The van der Waals surface area contributed by atoms with Gasteiger partial charge in [0.1, 0.15) is 5.69 Å². The third-order valence-corrected chi connectivity index (χ3v) is 3.59. The van der Waals surface area contributed by atoms with Crippen molar-refractivity contribution in [3.05, 3.63) is 33.3 Å². The topological polar surface area (TPSA) is 75.5 Å². The lowest BCUT2D eigenvalue weighted by molar-refractivity contribution is -0.384. The highest BCUT2D eigenvalue weighted by molar-refractivity contribution is 6.30. The largest absolute Gasteiger partial charge is 0.375 e. The van der Waals surface area contributed by atoms with Gasteiger partial charge in [-0.2, -0.15) is 0 Å². The van der Waals surface area contributed by atoms with Gasteiger partial charge in [0.2, 0.25) is 5.91 Å². The van der Waals surface area contributed by atoms with Gasteiger partial charge in [0.25, 0.3) is 5.69 Å². The molecule has 20 heavy (non-hydrogen) atoms. The van der Waals surface area contributed by atoms with Crippen molar-refractivity contribution in [2.24, 2.45) is 0 Å². The molecule has 0 saturated carbocycles. The number of halogens is 1. The fraction of sp³-hybridized carbons (Fsp3) is 0.462. The number of hydrogen-bond acceptors (Lipinski definition) is 4. The van der Waals surface area contributed by atoms with E-state index in [1.54, 1.807) is 17.0 Å². The molecule has 2 rings (SSSR count). The minimum absolute atomic E-state index is 0.0328. The number of nitro benzene ring substituents is 1. The number of likely N-dealkylation sites (tertiary alicyclic amines) is 1. The molecule has 1 atom stereocenters. The molecule has 6 nitrogen and oxygen atoms in total.